The summed E-state index contributed by atoms with van der Waals surface area (Å²) in [6, 6.07) is 11.9. The van der Waals surface area contributed by atoms with Gasteiger partial charge in [-0.2, -0.15) is 0 Å². The van der Waals surface area contributed by atoms with E-state index in [1.165, 1.54) is 16.3 Å². The van der Waals surface area contributed by atoms with E-state index in [1.54, 1.807) is 42.5 Å². The highest BCUT2D eigenvalue weighted by molar-refractivity contribution is 7.99. The molecule has 2 aromatic carbocycles. The fourth-order valence-electron chi connectivity index (χ4n) is 2.55. The topological polar surface area (TPSA) is 81.1 Å². The number of fused-ring (bicyclic) bond motifs is 1. The monoisotopic (exact) mass is 457 g/mol. The van der Waals surface area contributed by atoms with Crippen molar-refractivity contribution in [1.82, 2.24) is 14.3 Å². The van der Waals surface area contributed by atoms with Crippen LogP contribution in [0.1, 0.15) is 6.42 Å². The predicted octanol–water partition coefficient (Wildman–Crippen LogP) is 3.72. The molecular formula is C18H17Cl2N3O3S2. The highest BCUT2D eigenvalue weighted by atomic mass is 35.5. The lowest BCUT2D eigenvalue weighted by Crippen LogP contribution is -2.24. The maximum Gasteiger partial charge on any atom is 0.266 e. The van der Waals surface area contributed by atoms with Crippen LogP contribution < -0.4 is 10.3 Å². The SMILES string of the molecule is CS(=O)(=O)NCCCSc1nc2cc(Cl)ccc2c(=O)n1-c1ccc(Cl)cc1. The molecule has 1 N–H and O–H groups in total. The molecule has 6 nitrogen and oxygen atoms in total. The molecule has 3 rings (SSSR count). The summed E-state index contributed by atoms with van der Waals surface area (Å²) >= 11 is 13.4. The molecule has 0 radical (unpaired) electrons. The zero-order valence-corrected chi connectivity index (χ0v) is 18.0. The van der Waals surface area contributed by atoms with E-state index in [0.717, 1.165) is 6.26 Å². The Labute approximate surface area is 176 Å². The first-order valence-corrected chi connectivity index (χ1v) is 11.9. The maximum atomic E-state index is 13.1. The number of nitrogens with one attached hydrogen (secondary N) is 1. The predicted molar refractivity (Wildman–Crippen MR) is 116 cm³/mol. The zero-order chi connectivity index (χ0) is 20.3. The van der Waals surface area contributed by atoms with Gasteiger partial charge in [-0.05, 0) is 48.9 Å². The van der Waals surface area contributed by atoms with Crippen LogP contribution in [-0.4, -0.2) is 36.5 Å². The van der Waals surface area contributed by atoms with Gasteiger partial charge in [0.1, 0.15) is 0 Å². The van der Waals surface area contributed by atoms with Crippen LogP contribution >= 0.6 is 35.0 Å². The Morgan fingerprint density at radius 3 is 2.46 bits per heavy atom. The number of benzene rings is 2. The molecule has 3 aromatic rings. The van der Waals surface area contributed by atoms with Crippen molar-refractivity contribution in [2.24, 2.45) is 0 Å². The van der Waals surface area contributed by atoms with Gasteiger partial charge in [0.2, 0.25) is 10.0 Å². The third-order valence-electron chi connectivity index (χ3n) is 3.80. The Bertz CT molecular complexity index is 1160. The third-order valence-corrected chi connectivity index (χ3v) is 6.04. The molecule has 0 spiro atoms. The van der Waals surface area contributed by atoms with Crippen LogP contribution in [0.3, 0.4) is 0 Å². The molecule has 0 fully saturated rings. The smallest absolute Gasteiger partial charge is 0.266 e. The van der Waals surface area contributed by atoms with Crippen LogP contribution in [0.4, 0.5) is 0 Å². The van der Waals surface area contributed by atoms with Gasteiger partial charge >= 0.3 is 0 Å². The van der Waals surface area contributed by atoms with E-state index >= 15 is 0 Å². The number of rotatable bonds is 7. The van der Waals surface area contributed by atoms with Crippen molar-refractivity contribution in [2.75, 3.05) is 18.6 Å². The first kappa shape index (κ1) is 21.1. The molecule has 0 bridgehead atoms. The fourth-order valence-corrected chi connectivity index (χ4v) is 4.31. The highest BCUT2D eigenvalue weighted by Crippen LogP contribution is 2.24. The summed E-state index contributed by atoms with van der Waals surface area (Å²) in [7, 11) is -3.22. The quantitative estimate of drug-likeness (QED) is 0.332. The Kier molecular flexibility index (Phi) is 6.67. The first-order chi connectivity index (χ1) is 13.2. The molecule has 10 heteroatoms. The van der Waals surface area contributed by atoms with Crippen LogP contribution in [0.25, 0.3) is 16.6 Å². The molecule has 0 atom stereocenters. The second-order valence-corrected chi connectivity index (χ2v) is 9.81. The molecule has 1 aromatic heterocycles. The molecule has 0 amide bonds. The van der Waals surface area contributed by atoms with E-state index in [9.17, 15) is 13.2 Å². The van der Waals surface area contributed by atoms with Crippen molar-refractivity contribution < 1.29 is 8.42 Å². The summed E-state index contributed by atoms with van der Waals surface area (Å²) in [5.41, 5.74) is 0.954. The standard InChI is InChI=1S/C18H17Cl2N3O3S2/c1-28(25,26)21-9-2-10-27-18-22-16-11-13(20)5-8-15(16)17(24)23(18)14-6-3-12(19)4-7-14/h3-8,11,21H,2,9-10H2,1H3. The summed E-state index contributed by atoms with van der Waals surface area (Å²) in [5.74, 6) is 0.578. The van der Waals surface area contributed by atoms with Crippen molar-refractivity contribution >= 4 is 55.9 Å². The van der Waals surface area contributed by atoms with Crippen molar-refractivity contribution in [3.05, 3.63) is 62.9 Å². The minimum atomic E-state index is -3.22. The Hall–Kier alpha value is -1.58. The first-order valence-electron chi connectivity index (χ1n) is 8.30. The number of thioether (sulfide) groups is 1. The van der Waals surface area contributed by atoms with E-state index in [1.807, 2.05) is 0 Å². The van der Waals surface area contributed by atoms with Gasteiger partial charge in [-0.25, -0.2) is 18.1 Å². The summed E-state index contributed by atoms with van der Waals surface area (Å²) in [6.07, 6.45) is 1.70. The van der Waals surface area contributed by atoms with Crippen molar-refractivity contribution in [1.29, 1.82) is 0 Å². The third kappa shape index (κ3) is 5.27. The Morgan fingerprint density at radius 1 is 1.11 bits per heavy atom. The van der Waals surface area contributed by atoms with Crippen LogP contribution in [0, 0.1) is 0 Å². The zero-order valence-electron chi connectivity index (χ0n) is 14.9. The summed E-state index contributed by atoms with van der Waals surface area (Å²) in [4.78, 5) is 17.7. The van der Waals surface area contributed by atoms with Gasteiger partial charge in [-0.3, -0.25) is 9.36 Å². The van der Waals surface area contributed by atoms with Gasteiger partial charge < -0.3 is 0 Å². The van der Waals surface area contributed by atoms with E-state index in [-0.39, 0.29) is 5.56 Å². The van der Waals surface area contributed by atoms with Crippen LogP contribution in [-0.2, 0) is 10.0 Å². The Balaban J connectivity index is 1.97. The lowest BCUT2D eigenvalue weighted by atomic mass is 10.2. The minimum absolute atomic E-state index is 0.208. The molecule has 0 saturated heterocycles. The average Bonchev–Trinajstić information content (AvgIpc) is 2.61. The number of nitrogens with zero attached hydrogens (tertiary/aromatic N) is 2. The van der Waals surface area contributed by atoms with E-state index < -0.39 is 10.0 Å². The number of hydrogen-bond acceptors (Lipinski definition) is 5. The summed E-state index contributed by atoms with van der Waals surface area (Å²) in [5, 5.41) is 2.03. The number of aromatic nitrogens is 2. The lowest BCUT2D eigenvalue weighted by Gasteiger charge is -2.13. The van der Waals surface area contributed by atoms with Crippen molar-refractivity contribution in [3.8, 4) is 5.69 Å². The summed E-state index contributed by atoms with van der Waals surface area (Å²) < 4.78 is 26.3. The molecule has 28 heavy (non-hydrogen) atoms. The maximum absolute atomic E-state index is 13.1. The fraction of sp³-hybridized carbons (Fsp3) is 0.222. The van der Waals surface area contributed by atoms with Gasteiger partial charge in [0.25, 0.3) is 5.56 Å². The van der Waals surface area contributed by atoms with Gasteiger partial charge in [-0.1, -0.05) is 35.0 Å². The molecule has 0 aliphatic carbocycles. The van der Waals surface area contributed by atoms with E-state index in [2.05, 4.69) is 9.71 Å². The normalized spacial score (nSPS) is 11.8. The molecule has 148 valence electrons. The molecule has 0 unspecified atom stereocenters. The van der Waals surface area contributed by atoms with E-state index in [4.69, 9.17) is 23.2 Å². The van der Waals surface area contributed by atoms with Crippen LogP contribution in [0.2, 0.25) is 10.0 Å². The molecule has 0 saturated carbocycles. The van der Waals surface area contributed by atoms with Crippen LogP contribution in [0.5, 0.6) is 0 Å². The second kappa shape index (κ2) is 8.84. The van der Waals surface area contributed by atoms with Gasteiger partial charge in [0, 0.05) is 22.3 Å². The number of halogens is 2. The molecule has 1 heterocycles. The molecule has 0 aliphatic heterocycles. The number of sulfonamides is 1. The van der Waals surface area contributed by atoms with Crippen molar-refractivity contribution in [3.63, 3.8) is 0 Å². The minimum Gasteiger partial charge on any atom is -0.268 e. The van der Waals surface area contributed by atoms with Crippen LogP contribution in [0.15, 0.2) is 52.4 Å². The largest absolute Gasteiger partial charge is 0.268 e. The molecular weight excluding hydrogens is 441 g/mol. The average molecular weight is 458 g/mol. The van der Waals surface area contributed by atoms with Gasteiger partial charge in [-0.15, -0.1) is 0 Å². The highest BCUT2D eigenvalue weighted by Gasteiger charge is 2.14. The van der Waals surface area contributed by atoms with Gasteiger partial charge in [0.05, 0.1) is 22.8 Å². The van der Waals surface area contributed by atoms with E-state index in [0.29, 0.717) is 50.5 Å². The van der Waals surface area contributed by atoms with Crippen molar-refractivity contribution in [2.45, 2.75) is 11.6 Å². The lowest BCUT2D eigenvalue weighted by molar-refractivity contribution is 0.587. The second-order valence-electron chi connectivity index (χ2n) is 6.04. The number of hydrogen-bond donors (Lipinski definition) is 1. The Morgan fingerprint density at radius 2 is 1.79 bits per heavy atom. The summed E-state index contributed by atoms with van der Waals surface area (Å²) in [6.45, 7) is 0.316. The molecule has 0 aliphatic rings. The van der Waals surface area contributed by atoms with Gasteiger partial charge in [0.15, 0.2) is 5.16 Å².